The number of nitrogens with zero attached hydrogens (tertiary/aromatic N) is 5. The Morgan fingerprint density at radius 1 is 1.32 bits per heavy atom. The fraction of sp³-hybridized carbons (Fsp3) is 0.688. The number of aromatic nitrogens is 4. The molecule has 1 N–H and O–H groups in total. The first-order chi connectivity index (χ1) is 12.0. The molecule has 0 bridgehead atoms. The van der Waals surface area contributed by atoms with Gasteiger partial charge in [0.25, 0.3) is 5.78 Å². The Labute approximate surface area is 144 Å². The molecule has 0 radical (unpaired) electrons. The largest absolute Gasteiger partial charge is 0.433 e. The van der Waals surface area contributed by atoms with Crippen LogP contribution < -0.4 is 5.32 Å². The first-order valence-corrected chi connectivity index (χ1v) is 8.75. The first kappa shape index (κ1) is 17.9. The van der Waals surface area contributed by atoms with E-state index in [1.165, 1.54) is 17.3 Å². The second kappa shape index (κ2) is 7.55. The van der Waals surface area contributed by atoms with Crippen molar-refractivity contribution in [1.29, 1.82) is 0 Å². The summed E-state index contributed by atoms with van der Waals surface area (Å²) in [5.41, 5.74) is -0.956. The van der Waals surface area contributed by atoms with Crippen LogP contribution in [0.4, 0.5) is 19.0 Å². The van der Waals surface area contributed by atoms with Gasteiger partial charge < -0.3 is 5.32 Å². The van der Waals surface area contributed by atoms with Gasteiger partial charge in [0.1, 0.15) is 12.1 Å². The summed E-state index contributed by atoms with van der Waals surface area (Å²) in [7, 11) is 0. The lowest BCUT2D eigenvalue weighted by Gasteiger charge is -2.36. The zero-order valence-corrected chi connectivity index (χ0v) is 14.3. The number of nitrogens with one attached hydrogen (secondary N) is 1. The molecule has 6 nitrogen and oxygen atoms in total. The van der Waals surface area contributed by atoms with Gasteiger partial charge in [-0.05, 0) is 32.4 Å². The quantitative estimate of drug-likeness (QED) is 0.861. The van der Waals surface area contributed by atoms with Gasteiger partial charge in [0.05, 0.1) is 0 Å². The van der Waals surface area contributed by atoms with Crippen LogP contribution in [0.25, 0.3) is 5.78 Å². The summed E-state index contributed by atoms with van der Waals surface area (Å²) in [6, 6.07) is 1.32. The number of alkyl halides is 3. The second-order valence-electron chi connectivity index (χ2n) is 6.42. The van der Waals surface area contributed by atoms with E-state index in [1.54, 1.807) is 0 Å². The standard InChI is InChI=1S/C16H23F3N6/c1-2-3-7-24-8-5-4-6-12(24)10-20-14-9-13(16(17,18)19)23-15-21-11-22-25(14)15/h9,11-12,20H,2-8,10H2,1H3. The molecule has 1 aliphatic heterocycles. The molecule has 9 heteroatoms. The normalized spacial score (nSPS) is 19.4. The third kappa shape index (κ3) is 4.20. The topological polar surface area (TPSA) is 58.3 Å². The molecular formula is C16H23F3N6. The molecule has 0 saturated carbocycles. The molecule has 0 aromatic carbocycles. The zero-order chi connectivity index (χ0) is 17.9. The third-order valence-electron chi connectivity index (χ3n) is 4.61. The van der Waals surface area contributed by atoms with Crippen LogP contribution in [0.2, 0.25) is 0 Å². The third-order valence-corrected chi connectivity index (χ3v) is 4.61. The highest BCUT2D eigenvalue weighted by Gasteiger charge is 2.34. The van der Waals surface area contributed by atoms with Crippen LogP contribution in [-0.4, -0.2) is 50.2 Å². The molecule has 2 aromatic heterocycles. The average Bonchev–Trinajstić information content (AvgIpc) is 3.06. The van der Waals surface area contributed by atoms with Gasteiger partial charge in [-0.25, -0.2) is 4.98 Å². The number of fused-ring (bicyclic) bond motifs is 1. The van der Waals surface area contributed by atoms with E-state index in [2.05, 4.69) is 32.2 Å². The average molecular weight is 356 g/mol. The van der Waals surface area contributed by atoms with E-state index in [4.69, 9.17) is 0 Å². The van der Waals surface area contributed by atoms with E-state index >= 15 is 0 Å². The van der Waals surface area contributed by atoms with Crippen molar-refractivity contribution in [2.75, 3.05) is 25.0 Å². The monoisotopic (exact) mass is 356 g/mol. The number of piperidine rings is 1. The van der Waals surface area contributed by atoms with Crippen LogP contribution in [0.5, 0.6) is 0 Å². The SMILES string of the molecule is CCCCN1CCCCC1CNc1cc(C(F)(F)F)nc2ncnn12. The van der Waals surface area contributed by atoms with Gasteiger partial charge in [0.2, 0.25) is 0 Å². The van der Waals surface area contributed by atoms with E-state index in [0.717, 1.165) is 44.8 Å². The van der Waals surface area contributed by atoms with Crippen LogP contribution in [0.15, 0.2) is 12.4 Å². The Bertz CT molecular complexity index is 699. The molecule has 2 aromatic rings. The highest BCUT2D eigenvalue weighted by Crippen LogP contribution is 2.29. The number of anilines is 1. The molecular weight excluding hydrogens is 333 g/mol. The summed E-state index contributed by atoms with van der Waals surface area (Å²) < 4.78 is 40.4. The highest BCUT2D eigenvalue weighted by molar-refractivity contribution is 5.45. The maximum atomic E-state index is 13.0. The lowest BCUT2D eigenvalue weighted by Crippen LogP contribution is -2.44. The van der Waals surface area contributed by atoms with Gasteiger partial charge in [-0.2, -0.15) is 27.8 Å². The van der Waals surface area contributed by atoms with Gasteiger partial charge in [0, 0.05) is 18.7 Å². The summed E-state index contributed by atoms with van der Waals surface area (Å²) in [6.07, 6.45) is 2.35. The molecule has 1 fully saturated rings. The van der Waals surface area contributed by atoms with Crippen LogP contribution >= 0.6 is 0 Å². The fourth-order valence-corrected chi connectivity index (χ4v) is 3.25. The predicted molar refractivity (Wildman–Crippen MR) is 88.4 cm³/mol. The number of hydrogen-bond acceptors (Lipinski definition) is 5. The summed E-state index contributed by atoms with van der Waals surface area (Å²) >= 11 is 0. The Morgan fingerprint density at radius 3 is 2.92 bits per heavy atom. The van der Waals surface area contributed by atoms with Gasteiger partial charge in [0.15, 0.2) is 5.69 Å². The lowest BCUT2D eigenvalue weighted by molar-refractivity contribution is -0.141. The molecule has 1 saturated heterocycles. The van der Waals surface area contributed by atoms with Gasteiger partial charge in [-0.15, -0.1) is 0 Å². The summed E-state index contributed by atoms with van der Waals surface area (Å²) in [4.78, 5) is 9.76. The molecule has 25 heavy (non-hydrogen) atoms. The minimum absolute atomic E-state index is 0.0520. The molecule has 1 aliphatic rings. The molecule has 1 unspecified atom stereocenters. The molecule has 3 rings (SSSR count). The highest BCUT2D eigenvalue weighted by atomic mass is 19.4. The molecule has 1 atom stereocenters. The van der Waals surface area contributed by atoms with E-state index in [-0.39, 0.29) is 11.6 Å². The van der Waals surface area contributed by atoms with Crippen molar-refractivity contribution in [2.45, 2.75) is 51.2 Å². The summed E-state index contributed by atoms with van der Waals surface area (Å²) in [5, 5.41) is 7.11. The van der Waals surface area contributed by atoms with Crippen molar-refractivity contribution in [3.63, 3.8) is 0 Å². The van der Waals surface area contributed by atoms with Crippen molar-refractivity contribution in [2.24, 2.45) is 0 Å². The van der Waals surface area contributed by atoms with Gasteiger partial charge >= 0.3 is 6.18 Å². The number of hydrogen-bond donors (Lipinski definition) is 1. The fourth-order valence-electron chi connectivity index (χ4n) is 3.25. The number of halogens is 3. The molecule has 0 amide bonds. The van der Waals surface area contributed by atoms with Crippen molar-refractivity contribution >= 4 is 11.6 Å². The van der Waals surface area contributed by atoms with Crippen LogP contribution in [-0.2, 0) is 6.18 Å². The van der Waals surface area contributed by atoms with Crippen molar-refractivity contribution in [3.8, 4) is 0 Å². The molecule has 138 valence electrons. The minimum Gasteiger partial charge on any atom is -0.368 e. The Morgan fingerprint density at radius 2 is 2.16 bits per heavy atom. The van der Waals surface area contributed by atoms with Crippen molar-refractivity contribution < 1.29 is 13.2 Å². The first-order valence-electron chi connectivity index (χ1n) is 8.75. The summed E-state index contributed by atoms with van der Waals surface area (Å²) in [6.45, 7) is 4.83. The second-order valence-corrected chi connectivity index (χ2v) is 6.42. The maximum Gasteiger partial charge on any atom is 0.433 e. The molecule has 0 aliphatic carbocycles. The van der Waals surface area contributed by atoms with Crippen LogP contribution in [0.3, 0.4) is 0 Å². The minimum atomic E-state index is -4.51. The number of rotatable bonds is 6. The number of unbranched alkanes of at least 4 members (excludes halogenated alkanes) is 1. The predicted octanol–water partition coefficient (Wildman–Crippen LogP) is 3.21. The van der Waals surface area contributed by atoms with Gasteiger partial charge in [-0.3, -0.25) is 4.90 Å². The lowest BCUT2D eigenvalue weighted by atomic mass is 10.0. The van der Waals surface area contributed by atoms with Crippen molar-refractivity contribution in [3.05, 3.63) is 18.1 Å². The zero-order valence-electron chi connectivity index (χ0n) is 14.3. The Balaban J connectivity index is 1.76. The van der Waals surface area contributed by atoms with Gasteiger partial charge in [-0.1, -0.05) is 19.8 Å². The van der Waals surface area contributed by atoms with E-state index in [0.29, 0.717) is 12.6 Å². The smallest absolute Gasteiger partial charge is 0.368 e. The number of likely N-dealkylation sites (tertiary alicyclic amines) is 1. The molecule has 3 heterocycles. The Hall–Kier alpha value is -1.90. The van der Waals surface area contributed by atoms with E-state index < -0.39 is 11.9 Å². The maximum absolute atomic E-state index is 13.0. The summed E-state index contributed by atoms with van der Waals surface area (Å²) in [5.74, 6) is 0.222. The van der Waals surface area contributed by atoms with E-state index in [1.807, 2.05) is 0 Å². The van der Waals surface area contributed by atoms with Crippen LogP contribution in [0.1, 0.15) is 44.7 Å². The molecule has 0 spiro atoms. The van der Waals surface area contributed by atoms with Crippen LogP contribution in [0, 0.1) is 0 Å². The Kier molecular flexibility index (Phi) is 5.41. The van der Waals surface area contributed by atoms with E-state index in [9.17, 15) is 13.2 Å². The van der Waals surface area contributed by atoms with Crippen molar-refractivity contribution in [1.82, 2.24) is 24.5 Å².